The smallest absolute Gasteiger partial charge is 0.142 e. The zero-order valence-electron chi connectivity index (χ0n) is 9.23. The highest BCUT2D eigenvalue weighted by Crippen LogP contribution is 2.22. The molecule has 0 atom stereocenters. The highest BCUT2D eigenvalue weighted by molar-refractivity contribution is 5.60. The Balaban J connectivity index is 1.75. The van der Waals surface area contributed by atoms with E-state index in [4.69, 9.17) is 4.84 Å². The lowest BCUT2D eigenvalue weighted by molar-refractivity contribution is 0.130. The average Bonchev–Trinajstić information content (AvgIpc) is 2.77. The van der Waals surface area contributed by atoms with Gasteiger partial charge in [-0.1, -0.05) is 30.1 Å². The van der Waals surface area contributed by atoms with Gasteiger partial charge in [0.25, 0.3) is 0 Å². The Kier molecular flexibility index (Phi) is 3.91. The van der Waals surface area contributed by atoms with Crippen molar-refractivity contribution in [3.8, 4) is 0 Å². The zero-order valence-corrected chi connectivity index (χ0v) is 9.23. The lowest BCUT2D eigenvalue weighted by Crippen LogP contribution is -1.95. The first kappa shape index (κ1) is 11.1. The van der Waals surface area contributed by atoms with Gasteiger partial charge in [0, 0.05) is 6.21 Å². The van der Waals surface area contributed by atoms with Gasteiger partial charge < -0.3 is 4.84 Å². The van der Waals surface area contributed by atoms with Crippen LogP contribution in [0.1, 0.15) is 31.2 Å². The van der Waals surface area contributed by atoms with Crippen molar-refractivity contribution in [3.05, 3.63) is 35.6 Å². The topological polar surface area (TPSA) is 21.6 Å². The molecule has 1 fully saturated rings. The summed E-state index contributed by atoms with van der Waals surface area (Å²) in [6, 6.07) is 6.39. The Morgan fingerprint density at radius 3 is 2.94 bits per heavy atom. The predicted molar refractivity (Wildman–Crippen MR) is 61.6 cm³/mol. The summed E-state index contributed by atoms with van der Waals surface area (Å²) in [5.74, 6) is 0.341. The van der Waals surface area contributed by atoms with Crippen molar-refractivity contribution in [2.24, 2.45) is 11.1 Å². The molecule has 16 heavy (non-hydrogen) atoms. The number of oxime groups is 1. The summed E-state index contributed by atoms with van der Waals surface area (Å²) in [5, 5.41) is 3.93. The van der Waals surface area contributed by atoms with Crippen molar-refractivity contribution >= 4 is 6.21 Å². The van der Waals surface area contributed by atoms with Crippen LogP contribution < -0.4 is 0 Å². The second-order valence-electron chi connectivity index (χ2n) is 4.20. The Morgan fingerprint density at radius 2 is 2.19 bits per heavy atom. The fourth-order valence-electron chi connectivity index (χ4n) is 1.97. The Labute approximate surface area is 95.1 Å². The van der Waals surface area contributed by atoms with E-state index in [-0.39, 0.29) is 5.82 Å². The quantitative estimate of drug-likeness (QED) is 0.563. The maximum atomic E-state index is 12.8. The third-order valence-electron chi connectivity index (χ3n) is 2.87. The minimum absolute atomic E-state index is 0.235. The molecule has 0 saturated heterocycles. The molecule has 3 heteroatoms. The zero-order chi connectivity index (χ0) is 11.2. The van der Waals surface area contributed by atoms with E-state index in [9.17, 15) is 4.39 Å². The van der Waals surface area contributed by atoms with Crippen LogP contribution in [0, 0.1) is 11.7 Å². The first-order valence-electron chi connectivity index (χ1n) is 5.74. The van der Waals surface area contributed by atoms with E-state index in [1.54, 1.807) is 6.07 Å². The van der Waals surface area contributed by atoms with Gasteiger partial charge >= 0.3 is 0 Å². The molecule has 1 saturated carbocycles. The Bertz CT molecular complexity index is 359. The number of hydrogen-bond donors (Lipinski definition) is 0. The van der Waals surface area contributed by atoms with Crippen LogP contribution in [-0.2, 0) is 11.4 Å². The second-order valence-corrected chi connectivity index (χ2v) is 4.20. The van der Waals surface area contributed by atoms with Gasteiger partial charge in [-0.05, 0) is 36.5 Å². The summed E-state index contributed by atoms with van der Waals surface area (Å²) in [5.41, 5.74) is 0.809. The summed E-state index contributed by atoms with van der Waals surface area (Å²) >= 11 is 0. The Hall–Kier alpha value is -1.38. The molecule has 0 amide bonds. The molecule has 1 aromatic carbocycles. The number of halogens is 1. The lowest BCUT2D eigenvalue weighted by Gasteiger charge is -2.01. The van der Waals surface area contributed by atoms with E-state index >= 15 is 0 Å². The highest BCUT2D eigenvalue weighted by atomic mass is 19.1. The molecule has 1 aromatic rings. The molecule has 2 rings (SSSR count). The van der Waals surface area contributed by atoms with E-state index in [0.29, 0.717) is 12.5 Å². The van der Waals surface area contributed by atoms with Gasteiger partial charge in [0.1, 0.15) is 12.4 Å². The lowest BCUT2D eigenvalue weighted by atomic mass is 10.1. The van der Waals surface area contributed by atoms with Crippen molar-refractivity contribution in [2.45, 2.75) is 32.3 Å². The molecular formula is C13H16FNO. The van der Waals surface area contributed by atoms with Crippen molar-refractivity contribution in [1.29, 1.82) is 0 Å². The second kappa shape index (κ2) is 5.64. The SMILES string of the molecule is Fc1cccc(CON=CC2CCCC2)c1. The summed E-state index contributed by atoms with van der Waals surface area (Å²) in [7, 11) is 0. The van der Waals surface area contributed by atoms with Crippen LogP contribution in [0.3, 0.4) is 0 Å². The number of hydrogen-bond acceptors (Lipinski definition) is 2. The molecule has 0 N–H and O–H groups in total. The standard InChI is InChI=1S/C13H16FNO/c14-13-7-3-6-12(8-13)10-16-15-9-11-4-1-2-5-11/h3,6-9,11H,1-2,4-5,10H2. The monoisotopic (exact) mass is 221 g/mol. The number of nitrogens with zero attached hydrogens (tertiary/aromatic N) is 1. The summed E-state index contributed by atoms with van der Waals surface area (Å²) in [4.78, 5) is 5.14. The fraction of sp³-hybridized carbons (Fsp3) is 0.462. The van der Waals surface area contributed by atoms with Crippen LogP contribution in [0.5, 0.6) is 0 Å². The first-order valence-corrected chi connectivity index (χ1v) is 5.74. The van der Waals surface area contributed by atoms with Crippen molar-refractivity contribution < 1.29 is 9.23 Å². The molecule has 0 spiro atoms. The summed E-state index contributed by atoms with van der Waals surface area (Å²) in [6.45, 7) is 0.334. The van der Waals surface area contributed by atoms with Gasteiger partial charge in [-0.15, -0.1) is 0 Å². The third-order valence-corrected chi connectivity index (χ3v) is 2.87. The number of rotatable bonds is 4. The van der Waals surface area contributed by atoms with Gasteiger partial charge in [-0.25, -0.2) is 4.39 Å². The molecule has 0 aromatic heterocycles. The first-order chi connectivity index (χ1) is 7.84. The van der Waals surface area contributed by atoms with Gasteiger partial charge in [-0.2, -0.15) is 0 Å². The molecule has 1 aliphatic carbocycles. The van der Waals surface area contributed by atoms with Crippen molar-refractivity contribution in [2.75, 3.05) is 0 Å². The largest absolute Gasteiger partial charge is 0.391 e. The van der Waals surface area contributed by atoms with Crippen LogP contribution in [0.15, 0.2) is 29.4 Å². The summed E-state index contributed by atoms with van der Waals surface area (Å²) < 4.78 is 12.8. The fourth-order valence-corrected chi connectivity index (χ4v) is 1.97. The van der Waals surface area contributed by atoms with Crippen LogP contribution in [0.2, 0.25) is 0 Å². The van der Waals surface area contributed by atoms with E-state index in [0.717, 1.165) is 5.56 Å². The molecule has 86 valence electrons. The predicted octanol–water partition coefficient (Wildman–Crippen LogP) is 3.52. The van der Waals surface area contributed by atoms with Gasteiger partial charge in [0.15, 0.2) is 0 Å². The average molecular weight is 221 g/mol. The van der Waals surface area contributed by atoms with Crippen molar-refractivity contribution in [3.63, 3.8) is 0 Å². The number of benzene rings is 1. The minimum atomic E-state index is -0.235. The van der Waals surface area contributed by atoms with Gasteiger partial charge in [-0.3, -0.25) is 0 Å². The van der Waals surface area contributed by atoms with Gasteiger partial charge in [0.05, 0.1) is 0 Å². The van der Waals surface area contributed by atoms with Gasteiger partial charge in [0.2, 0.25) is 0 Å². The highest BCUT2D eigenvalue weighted by Gasteiger charge is 2.12. The Morgan fingerprint density at radius 1 is 1.38 bits per heavy atom. The molecule has 2 nitrogen and oxygen atoms in total. The summed E-state index contributed by atoms with van der Waals surface area (Å²) in [6.07, 6.45) is 6.90. The van der Waals surface area contributed by atoms with Crippen LogP contribution in [0.4, 0.5) is 4.39 Å². The molecule has 0 aliphatic heterocycles. The van der Waals surface area contributed by atoms with Crippen LogP contribution >= 0.6 is 0 Å². The molecule has 1 aliphatic rings. The molecule has 0 heterocycles. The molecule has 0 unspecified atom stereocenters. The minimum Gasteiger partial charge on any atom is -0.391 e. The third kappa shape index (κ3) is 3.33. The van der Waals surface area contributed by atoms with E-state index in [1.165, 1.54) is 37.8 Å². The molecule has 0 bridgehead atoms. The normalized spacial score (nSPS) is 17.1. The van der Waals surface area contributed by atoms with E-state index in [1.807, 2.05) is 12.3 Å². The van der Waals surface area contributed by atoms with Crippen LogP contribution in [-0.4, -0.2) is 6.21 Å². The molecule has 0 radical (unpaired) electrons. The van der Waals surface area contributed by atoms with Crippen LogP contribution in [0.25, 0.3) is 0 Å². The van der Waals surface area contributed by atoms with Crippen molar-refractivity contribution in [1.82, 2.24) is 0 Å². The maximum Gasteiger partial charge on any atom is 0.142 e. The maximum absolute atomic E-state index is 12.8. The van der Waals surface area contributed by atoms with E-state index in [2.05, 4.69) is 5.16 Å². The molecular weight excluding hydrogens is 205 g/mol. The van der Waals surface area contributed by atoms with E-state index < -0.39 is 0 Å².